The van der Waals surface area contributed by atoms with E-state index in [-0.39, 0.29) is 6.10 Å². The van der Waals surface area contributed by atoms with E-state index >= 15 is 0 Å². The molecule has 0 unspecified atom stereocenters. The minimum absolute atomic E-state index is 0.196. The van der Waals surface area contributed by atoms with Crippen molar-refractivity contribution in [2.45, 2.75) is 25.9 Å². The molecule has 0 spiro atoms. The van der Waals surface area contributed by atoms with Gasteiger partial charge < -0.3 is 4.74 Å². The average Bonchev–Trinajstić information content (AvgIpc) is 2.36. The Labute approximate surface area is 100 Å². The van der Waals surface area contributed by atoms with Crippen molar-refractivity contribution >= 4 is 6.09 Å². The smallest absolute Gasteiger partial charge is 0.426 e. The molecule has 90 valence electrons. The van der Waals surface area contributed by atoms with Crippen molar-refractivity contribution in [3.05, 3.63) is 35.9 Å². The van der Waals surface area contributed by atoms with E-state index in [4.69, 9.17) is 10.00 Å². The van der Waals surface area contributed by atoms with Crippen molar-refractivity contribution in [3.63, 3.8) is 0 Å². The first-order chi connectivity index (χ1) is 8.26. The summed E-state index contributed by atoms with van der Waals surface area (Å²) < 4.78 is 5.14. The highest BCUT2D eigenvalue weighted by Crippen LogP contribution is 2.08. The van der Waals surface area contributed by atoms with Gasteiger partial charge in [-0.2, -0.15) is 5.26 Å². The highest BCUT2D eigenvalue weighted by molar-refractivity contribution is 5.66. The maximum Gasteiger partial charge on any atom is 0.426 e. The first-order valence-electron chi connectivity index (χ1n) is 5.41. The second-order valence-corrected chi connectivity index (χ2v) is 3.49. The lowest BCUT2D eigenvalue weighted by molar-refractivity contribution is 0.0932. The Hall–Kier alpha value is -2.22. The summed E-state index contributed by atoms with van der Waals surface area (Å²) in [6.07, 6.45) is 2.12. The van der Waals surface area contributed by atoms with E-state index in [0.29, 0.717) is 6.42 Å². The van der Waals surface area contributed by atoms with Gasteiger partial charge in [0.25, 0.3) is 0 Å². The molecule has 0 bridgehead atoms. The number of hydrogen-bond donors (Lipinski definition) is 2. The number of amides is 1. The third-order valence-corrected chi connectivity index (χ3v) is 2.26. The maximum absolute atomic E-state index is 11.2. The molecule has 0 fully saturated rings. The second-order valence-electron chi connectivity index (χ2n) is 3.49. The van der Waals surface area contributed by atoms with Crippen LogP contribution in [0.1, 0.15) is 18.9 Å². The van der Waals surface area contributed by atoms with Gasteiger partial charge in [-0.15, -0.1) is 0 Å². The van der Waals surface area contributed by atoms with Gasteiger partial charge in [0.15, 0.2) is 6.19 Å². The average molecular weight is 233 g/mol. The molecule has 1 rings (SSSR count). The van der Waals surface area contributed by atoms with E-state index in [1.165, 1.54) is 0 Å². The second kappa shape index (κ2) is 7.12. The molecule has 0 aliphatic rings. The zero-order valence-corrected chi connectivity index (χ0v) is 9.64. The fraction of sp³-hybridized carbons (Fsp3) is 0.333. The number of carbonyl (C=O) groups is 1. The Balaban J connectivity index is 2.44. The van der Waals surface area contributed by atoms with Crippen LogP contribution in [0.15, 0.2) is 30.3 Å². The number of nitrogens with one attached hydrogen (secondary N) is 2. The van der Waals surface area contributed by atoms with E-state index in [2.05, 4.69) is 5.43 Å². The quantitative estimate of drug-likeness (QED) is 0.461. The molecule has 0 saturated carbocycles. The maximum atomic E-state index is 11.2. The molecule has 5 nitrogen and oxygen atoms in total. The first-order valence-corrected chi connectivity index (χ1v) is 5.41. The van der Waals surface area contributed by atoms with Crippen LogP contribution in [-0.2, 0) is 11.2 Å². The van der Waals surface area contributed by atoms with Crippen molar-refractivity contribution in [1.82, 2.24) is 10.9 Å². The van der Waals surface area contributed by atoms with E-state index in [1.54, 1.807) is 6.19 Å². The lowest BCUT2D eigenvalue weighted by Gasteiger charge is -2.16. The van der Waals surface area contributed by atoms with Crippen LogP contribution in [0.4, 0.5) is 4.79 Å². The number of carbonyl (C=O) groups excluding carboxylic acids is 1. The Kier molecular flexibility index (Phi) is 5.38. The third-order valence-electron chi connectivity index (χ3n) is 2.26. The lowest BCUT2D eigenvalue weighted by Crippen LogP contribution is -2.37. The molecule has 1 aromatic carbocycles. The molecule has 1 aromatic rings. The highest BCUT2D eigenvalue weighted by atomic mass is 16.6. The Morgan fingerprint density at radius 3 is 2.76 bits per heavy atom. The van der Waals surface area contributed by atoms with Crippen LogP contribution in [0.5, 0.6) is 0 Å². The number of rotatable bonds is 5. The predicted molar refractivity (Wildman–Crippen MR) is 62.6 cm³/mol. The van der Waals surface area contributed by atoms with Crippen LogP contribution in [0.25, 0.3) is 0 Å². The van der Waals surface area contributed by atoms with Gasteiger partial charge in [0.05, 0.1) is 0 Å². The van der Waals surface area contributed by atoms with Gasteiger partial charge in [-0.25, -0.2) is 15.6 Å². The van der Waals surface area contributed by atoms with Gasteiger partial charge in [-0.1, -0.05) is 37.3 Å². The summed E-state index contributed by atoms with van der Waals surface area (Å²) in [6, 6.07) is 9.79. The normalized spacial score (nSPS) is 11.1. The van der Waals surface area contributed by atoms with E-state index < -0.39 is 6.09 Å². The molecular weight excluding hydrogens is 218 g/mol. The summed E-state index contributed by atoms with van der Waals surface area (Å²) in [4.78, 5) is 11.2. The fourth-order valence-corrected chi connectivity index (χ4v) is 1.41. The first kappa shape index (κ1) is 12.8. The van der Waals surface area contributed by atoms with Crippen LogP contribution in [-0.4, -0.2) is 12.2 Å². The van der Waals surface area contributed by atoms with Gasteiger partial charge in [-0.05, 0) is 12.0 Å². The third kappa shape index (κ3) is 4.89. The largest absolute Gasteiger partial charge is 0.445 e. The molecule has 1 atom stereocenters. The molecule has 0 radical (unpaired) electrons. The number of hydrogen-bond acceptors (Lipinski definition) is 4. The molecule has 1 amide bonds. The summed E-state index contributed by atoms with van der Waals surface area (Å²) in [6.45, 7) is 1.94. The fourth-order valence-electron chi connectivity index (χ4n) is 1.41. The molecular formula is C12H15N3O2. The summed E-state index contributed by atoms with van der Waals surface area (Å²) in [5.74, 6) is 0. The zero-order chi connectivity index (χ0) is 12.5. The van der Waals surface area contributed by atoms with Gasteiger partial charge in [-0.3, -0.25) is 0 Å². The molecule has 0 aliphatic carbocycles. The molecule has 5 heteroatoms. The van der Waals surface area contributed by atoms with Crippen LogP contribution in [0.2, 0.25) is 0 Å². The number of hydrazine groups is 1. The van der Waals surface area contributed by atoms with Crippen molar-refractivity contribution in [1.29, 1.82) is 5.26 Å². The van der Waals surface area contributed by atoms with Crippen LogP contribution >= 0.6 is 0 Å². The number of ether oxygens (including phenoxy) is 1. The summed E-state index contributed by atoms with van der Waals surface area (Å²) in [7, 11) is 0. The van der Waals surface area contributed by atoms with Gasteiger partial charge in [0, 0.05) is 6.42 Å². The van der Waals surface area contributed by atoms with Crippen molar-refractivity contribution < 1.29 is 9.53 Å². The minimum atomic E-state index is -0.644. The Morgan fingerprint density at radius 1 is 1.47 bits per heavy atom. The predicted octanol–water partition coefficient (Wildman–Crippen LogP) is 1.72. The lowest BCUT2D eigenvalue weighted by atomic mass is 10.1. The number of nitriles is 1. The minimum Gasteiger partial charge on any atom is -0.445 e. The Morgan fingerprint density at radius 2 is 2.18 bits per heavy atom. The van der Waals surface area contributed by atoms with E-state index in [0.717, 1.165) is 12.0 Å². The van der Waals surface area contributed by atoms with Crippen molar-refractivity contribution in [3.8, 4) is 6.19 Å². The molecule has 0 saturated heterocycles. The van der Waals surface area contributed by atoms with Gasteiger partial charge >= 0.3 is 6.09 Å². The van der Waals surface area contributed by atoms with Crippen LogP contribution in [0.3, 0.4) is 0 Å². The SMILES string of the molecule is CC[C@@H](Cc1ccccc1)OC(=O)NNC#N. The molecule has 0 aromatic heterocycles. The molecule has 17 heavy (non-hydrogen) atoms. The van der Waals surface area contributed by atoms with Crippen LogP contribution in [0, 0.1) is 11.5 Å². The summed E-state index contributed by atoms with van der Waals surface area (Å²) in [5, 5.41) is 8.21. The monoisotopic (exact) mass is 233 g/mol. The van der Waals surface area contributed by atoms with Crippen LogP contribution < -0.4 is 10.9 Å². The number of nitrogens with zero attached hydrogens (tertiary/aromatic N) is 1. The van der Waals surface area contributed by atoms with Crippen molar-refractivity contribution in [2.24, 2.45) is 0 Å². The van der Waals surface area contributed by atoms with E-state index in [1.807, 2.05) is 42.7 Å². The van der Waals surface area contributed by atoms with Crippen molar-refractivity contribution in [2.75, 3.05) is 0 Å². The van der Waals surface area contributed by atoms with Gasteiger partial charge in [0.1, 0.15) is 6.10 Å². The zero-order valence-electron chi connectivity index (χ0n) is 9.64. The summed E-state index contributed by atoms with van der Waals surface area (Å²) in [5.41, 5.74) is 5.24. The molecule has 0 heterocycles. The van der Waals surface area contributed by atoms with E-state index in [9.17, 15) is 4.79 Å². The Bertz CT molecular complexity index is 386. The standard InChI is InChI=1S/C12H15N3O2/c1-2-11(17-12(16)15-14-9-13)8-10-6-4-3-5-7-10/h3-7,11,14H,2,8H2,1H3,(H,15,16)/t11-/m0/s1. The summed E-state index contributed by atoms with van der Waals surface area (Å²) >= 11 is 0. The van der Waals surface area contributed by atoms with Gasteiger partial charge in [0.2, 0.25) is 0 Å². The highest BCUT2D eigenvalue weighted by Gasteiger charge is 2.12. The molecule has 0 aliphatic heterocycles. The number of benzene rings is 1. The topological polar surface area (TPSA) is 74.2 Å². The molecule has 2 N–H and O–H groups in total.